The molecule has 1 aliphatic rings. The number of nitrogens with zero attached hydrogens (tertiary/aromatic N) is 3. The molecule has 1 fully saturated rings. The van der Waals surface area contributed by atoms with Gasteiger partial charge in [0.05, 0.1) is 13.2 Å². The van der Waals surface area contributed by atoms with Crippen LogP contribution in [0.25, 0.3) is 0 Å². The molecule has 1 saturated heterocycles. The van der Waals surface area contributed by atoms with Gasteiger partial charge in [-0.25, -0.2) is 0 Å². The molecule has 0 radical (unpaired) electrons. The Morgan fingerprint density at radius 3 is 2.56 bits per heavy atom. The standard InChI is InChI=1S/C20H35N5O.HI/c1-6-25-13-7-8-17(25)14-22-20(21-2)23-15-19(24(3)4)16-9-11-18(26-5)12-10-16;/h9-12,17,19H,6-8,13-15H2,1-5H3,(H2,21,22,23);1H. The van der Waals surface area contributed by atoms with Crippen LogP contribution in [0, 0.1) is 0 Å². The highest BCUT2D eigenvalue weighted by molar-refractivity contribution is 14.0. The molecule has 2 unspecified atom stereocenters. The summed E-state index contributed by atoms with van der Waals surface area (Å²) in [5, 5.41) is 6.98. The van der Waals surface area contributed by atoms with Gasteiger partial charge in [-0.05, 0) is 57.7 Å². The number of likely N-dealkylation sites (N-methyl/N-ethyl adjacent to an activating group) is 2. The molecule has 2 rings (SSSR count). The van der Waals surface area contributed by atoms with E-state index in [0.29, 0.717) is 6.04 Å². The van der Waals surface area contributed by atoms with Crippen LogP contribution in [0.2, 0.25) is 0 Å². The lowest BCUT2D eigenvalue weighted by molar-refractivity contribution is 0.266. The van der Waals surface area contributed by atoms with Crippen LogP contribution in [0.15, 0.2) is 29.3 Å². The smallest absolute Gasteiger partial charge is 0.191 e. The highest BCUT2D eigenvalue weighted by atomic mass is 127. The van der Waals surface area contributed by atoms with Crippen LogP contribution >= 0.6 is 24.0 Å². The number of nitrogens with one attached hydrogen (secondary N) is 2. The molecule has 1 aromatic carbocycles. The molecule has 1 aliphatic heterocycles. The highest BCUT2D eigenvalue weighted by Gasteiger charge is 2.23. The van der Waals surface area contributed by atoms with Gasteiger partial charge in [-0.15, -0.1) is 24.0 Å². The van der Waals surface area contributed by atoms with Crippen molar-refractivity contribution in [2.45, 2.75) is 31.8 Å². The highest BCUT2D eigenvalue weighted by Crippen LogP contribution is 2.20. The van der Waals surface area contributed by atoms with E-state index in [0.717, 1.165) is 31.3 Å². The quantitative estimate of drug-likeness (QED) is 0.334. The van der Waals surface area contributed by atoms with Gasteiger partial charge >= 0.3 is 0 Å². The Morgan fingerprint density at radius 2 is 2.00 bits per heavy atom. The number of ether oxygens (including phenoxy) is 1. The lowest BCUT2D eigenvalue weighted by Crippen LogP contribution is -2.46. The van der Waals surface area contributed by atoms with Crippen LogP contribution in [-0.4, -0.2) is 76.2 Å². The van der Waals surface area contributed by atoms with E-state index in [1.807, 2.05) is 19.2 Å². The fourth-order valence-electron chi connectivity index (χ4n) is 3.60. The molecule has 2 atom stereocenters. The summed E-state index contributed by atoms with van der Waals surface area (Å²) in [5.41, 5.74) is 1.26. The zero-order valence-electron chi connectivity index (χ0n) is 17.4. The van der Waals surface area contributed by atoms with Gasteiger partial charge in [0, 0.05) is 26.2 Å². The molecule has 0 aromatic heterocycles. The minimum Gasteiger partial charge on any atom is -0.497 e. The van der Waals surface area contributed by atoms with Crippen LogP contribution in [0.3, 0.4) is 0 Å². The molecule has 0 aliphatic carbocycles. The maximum Gasteiger partial charge on any atom is 0.191 e. The Hall–Kier alpha value is -1.06. The first-order valence-electron chi connectivity index (χ1n) is 9.58. The summed E-state index contributed by atoms with van der Waals surface area (Å²) < 4.78 is 5.26. The van der Waals surface area contributed by atoms with Crippen molar-refractivity contribution < 1.29 is 4.74 Å². The summed E-state index contributed by atoms with van der Waals surface area (Å²) in [6.07, 6.45) is 2.57. The molecular formula is C20H36IN5O. The van der Waals surface area contributed by atoms with E-state index >= 15 is 0 Å². The van der Waals surface area contributed by atoms with Gasteiger partial charge in [-0.3, -0.25) is 9.89 Å². The van der Waals surface area contributed by atoms with Gasteiger partial charge in [-0.2, -0.15) is 0 Å². The van der Waals surface area contributed by atoms with Crippen molar-refractivity contribution in [3.05, 3.63) is 29.8 Å². The average Bonchev–Trinajstić information content (AvgIpc) is 3.12. The van der Waals surface area contributed by atoms with Gasteiger partial charge < -0.3 is 20.3 Å². The second-order valence-electron chi connectivity index (χ2n) is 7.01. The van der Waals surface area contributed by atoms with Crippen molar-refractivity contribution in [3.8, 4) is 5.75 Å². The molecule has 27 heavy (non-hydrogen) atoms. The molecule has 0 spiro atoms. The third-order valence-electron chi connectivity index (χ3n) is 5.22. The topological polar surface area (TPSA) is 52.1 Å². The summed E-state index contributed by atoms with van der Waals surface area (Å²) in [7, 11) is 7.73. The van der Waals surface area contributed by atoms with E-state index in [4.69, 9.17) is 4.74 Å². The minimum atomic E-state index is 0. The van der Waals surface area contributed by atoms with E-state index in [9.17, 15) is 0 Å². The molecule has 6 nitrogen and oxygen atoms in total. The molecule has 0 bridgehead atoms. The van der Waals surface area contributed by atoms with Crippen molar-refractivity contribution in [1.82, 2.24) is 20.4 Å². The number of hydrogen-bond acceptors (Lipinski definition) is 4. The molecule has 154 valence electrons. The number of guanidine groups is 1. The number of aliphatic imine (C=N–C) groups is 1. The number of methoxy groups -OCH3 is 1. The second-order valence-corrected chi connectivity index (χ2v) is 7.01. The summed E-state index contributed by atoms with van der Waals surface area (Å²) in [6.45, 7) is 6.32. The molecular weight excluding hydrogens is 453 g/mol. The predicted molar refractivity (Wildman–Crippen MR) is 124 cm³/mol. The second kappa shape index (κ2) is 12.4. The van der Waals surface area contributed by atoms with E-state index < -0.39 is 0 Å². The molecule has 1 aromatic rings. The van der Waals surface area contributed by atoms with Crippen LogP contribution in [0.5, 0.6) is 5.75 Å². The lowest BCUT2D eigenvalue weighted by Gasteiger charge is -2.27. The summed E-state index contributed by atoms with van der Waals surface area (Å²) in [4.78, 5) is 9.15. The van der Waals surface area contributed by atoms with Crippen molar-refractivity contribution >= 4 is 29.9 Å². The molecule has 2 N–H and O–H groups in total. The maximum absolute atomic E-state index is 5.26. The fourth-order valence-corrected chi connectivity index (χ4v) is 3.60. The van der Waals surface area contributed by atoms with E-state index in [2.05, 4.69) is 58.6 Å². The summed E-state index contributed by atoms with van der Waals surface area (Å²) >= 11 is 0. The normalized spacial score (nSPS) is 18.9. The average molecular weight is 489 g/mol. The third kappa shape index (κ3) is 7.12. The Labute approximate surface area is 181 Å². The predicted octanol–water partition coefficient (Wildman–Crippen LogP) is 2.57. The van der Waals surface area contributed by atoms with Gasteiger partial charge in [0.15, 0.2) is 5.96 Å². The number of benzene rings is 1. The van der Waals surface area contributed by atoms with Crippen LogP contribution < -0.4 is 15.4 Å². The first kappa shape index (κ1) is 24.0. The lowest BCUT2D eigenvalue weighted by atomic mass is 10.1. The van der Waals surface area contributed by atoms with Crippen molar-refractivity contribution in [2.24, 2.45) is 4.99 Å². The van der Waals surface area contributed by atoms with Gasteiger partial charge in [0.1, 0.15) is 5.75 Å². The maximum atomic E-state index is 5.26. The Morgan fingerprint density at radius 1 is 1.30 bits per heavy atom. The van der Waals surface area contributed by atoms with E-state index in [-0.39, 0.29) is 30.0 Å². The zero-order valence-corrected chi connectivity index (χ0v) is 19.7. The molecule has 1 heterocycles. The van der Waals surface area contributed by atoms with Crippen LogP contribution in [0.4, 0.5) is 0 Å². The van der Waals surface area contributed by atoms with Crippen LogP contribution in [0.1, 0.15) is 31.4 Å². The summed E-state index contributed by atoms with van der Waals surface area (Å²) in [5.74, 6) is 1.75. The first-order valence-corrected chi connectivity index (χ1v) is 9.58. The van der Waals surface area contributed by atoms with Crippen molar-refractivity contribution in [3.63, 3.8) is 0 Å². The van der Waals surface area contributed by atoms with Crippen molar-refractivity contribution in [2.75, 3.05) is 54.4 Å². The Kier molecular flexibility index (Phi) is 11.0. The SMILES string of the molecule is CCN1CCCC1CNC(=NC)NCC(c1ccc(OC)cc1)N(C)C.I. The molecule has 0 amide bonds. The number of likely N-dealkylation sites (tertiary alicyclic amines) is 1. The summed E-state index contributed by atoms with van der Waals surface area (Å²) in [6, 6.07) is 9.15. The monoisotopic (exact) mass is 489 g/mol. The van der Waals surface area contributed by atoms with E-state index in [1.54, 1.807) is 7.11 Å². The van der Waals surface area contributed by atoms with Gasteiger partial charge in [0.25, 0.3) is 0 Å². The van der Waals surface area contributed by atoms with E-state index in [1.165, 1.54) is 24.9 Å². The fraction of sp³-hybridized carbons (Fsp3) is 0.650. The molecule has 0 saturated carbocycles. The van der Waals surface area contributed by atoms with Crippen LogP contribution in [-0.2, 0) is 0 Å². The number of rotatable bonds is 8. The van der Waals surface area contributed by atoms with Gasteiger partial charge in [-0.1, -0.05) is 19.1 Å². The largest absolute Gasteiger partial charge is 0.497 e. The Bertz CT molecular complexity index is 564. The van der Waals surface area contributed by atoms with Gasteiger partial charge in [0.2, 0.25) is 0 Å². The molecule has 7 heteroatoms. The first-order chi connectivity index (χ1) is 12.6. The zero-order chi connectivity index (χ0) is 18.9. The van der Waals surface area contributed by atoms with Crippen molar-refractivity contribution in [1.29, 1.82) is 0 Å². The third-order valence-corrected chi connectivity index (χ3v) is 5.22. The number of hydrogen-bond donors (Lipinski definition) is 2. The Balaban J connectivity index is 0.00000364. The minimum absolute atomic E-state index is 0. The number of halogens is 1.